The van der Waals surface area contributed by atoms with Gasteiger partial charge in [-0.1, -0.05) is 46.9 Å². The van der Waals surface area contributed by atoms with Crippen LogP contribution in [0.25, 0.3) is 11.1 Å². The highest BCUT2D eigenvalue weighted by atomic mass is 35.5. The lowest BCUT2D eigenvalue weighted by atomic mass is 10.1. The third-order valence-electron chi connectivity index (χ3n) is 3.17. The highest BCUT2D eigenvalue weighted by molar-refractivity contribution is 6.38. The van der Waals surface area contributed by atoms with E-state index in [0.717, 1.165) is 25.0 Å². The number of benzene rings is 1. The molecule has 1 fully saturated rings. The van der Waals surface area contributed by atoms with Crippen molar-refractivity contribution in [2.45, 2.75) is 18.9 Å². The summed E-state index contributed by atoms with van der Waals surface area (Å²) in [5, 5.41) is 1.24. The van der Waals surface area contributed by atoms with E-state index in [-0.39, 0.29) is 6.10 Å². The lowest BCUT2D eigenvalue weighted by Gasteiger charge is -2.12. The molecule has 0 aliphatic carbocycles. The monoisotopic (exact) mass is 328 g/mol. The minimum Gasteiger partial charge on any atom is -0.370 e. The molecular weight excluding hydrogens is 319 g/mol. The molecule has 1 aromatic heterocycles. The van der Waals surface area contributed by atoms with E-state index >= 15 is 0 Å². The third-order valence-corrected chi connectivity index (χ3v) is 3.95. The van der Waals surface area contributed by atoms with Crippen molar-refractivity contribution in [1.29, 1.82) is 0 Å². The fourth-order valence-electron chi connectivity index (χ4n) is 2.23. The molecule has 2 aromatic rings. The molecule has 3 rings (SSSR count). The van der Waals surface area contributed by atoms with E-state index < -0.39 is 0 Å². The number of hydrogen-bond acceptors (Lipinski definition) is 3. The van der Waals surface area contributed by atoms with Crippen LogP contribution in [0.5, 0.6) is 0 Å². The zero-order valence-corrected chi connectivity index (χ0v) is 12.7. The Morgan fingerprint density at radius 1 is 1.10 bits per heavy atom. The largest absolute Gasteiger partial charge is 0.370 e. The van der Waals surface area contributed by atoms with E-state index in [1.54, 1.807) is 12.1 Å². The van der Waals surface area contributed by atoms with E-state index in [0.29, 0.717) is 26.7 Å². The van der Waals surface area contributed by atoms with E-state index in [1.807, 2.05) is 12.1 Å². The van der Waals surface area contributed by atoms with Crippen LogP contribution in [0.3, 0.4) is 0 Å². The third kappa shape index (κ3) is 2.77. The Hall–Kier alpha value is -0.870. The van der Waals surface area contributed by atoms with Gasteiger partial charge in [0.15, 0.2) is 5.82 Å². The van der Waals surface area contributed by atoms with Crippen LogP contribution < -0.4 is 0 Å². The molecule has 1 atom stereocenters. The average molecular weight is 330 g/mol. The summed E-state index contributed by atoms with van der Waals surface area (Å²) in [5.74, 6) is 0.545. The predicted molar refractivity (Wildman–Crippen MR) is 80.4 cm³/mol. The number of ether oxygens (including phenoxy) is 1. The molecule has 2 heterocycles. The maximum atomic E-state index is 6.27. The maximum Gasteiger partial charge on any atom is 0.160 e. The Morgan fingerprint density at radius 2 is 1.85 bits per heavy atom. The Bertz CT molecular complexity index is 619. The fraction of sp³-hybridized carbons (Fsp3) is 0.286. The van der Waals surface area contributed by atoms with Crippen LogP contribution in [-0.4, -0.2) is 16.6 Å². The molecule has 0 amide bonds. The zero-order chi connectivity index (χ0) is 14.1. The van der Waals surface area contributed by atoms with Gasteiger partial charge < -0.3 is 4.74 Å². The van der Waals surface area contributed by atoms with Crippen molar-refractivity contribution in [2.75, 3.05) is 6.61 Å². The van der Waals surface area contributed by atoms with Gasteiger partial charge in [-0.2, -0.15) is 0 Å². The van der Waals surface area contributed by atoms with Crippen LogP contribution in [0.2, 0.25) is 15.3 Å². The minimum atomic E-state index is -0.113. The summed E-state index contributed by atoms with van der Waals surface area (Å²) in [7, 11) is 0. The first-order chi connectivity index (χ1) is 9.65. The Balaban J connectivity index is 2.04. The summed E-state index contributed by atoms with van der Waals surface area (Å²) >= 11 is 18.5. The second kappa shape index (κ2) is 5.86. The van der Waals surface area contributed by atoms with Crippen LogP contribution >= 0.6 is 34.8 Å². The van der Waals surface area contributed by atoms with Crippen molar-refractivity contribution in [3.8, 4) is 11.1 Å². The summed E-state index contributed by atoms with van der Waals surface area (Å²) in [6, 6.07) is 7.27. The van der Waals surface area contributed by atoms with Gasteiger partial charge in [-0.3, -0.25) is 0 Å². The molecule has 0 N–H and O–H groups in total. The lowest BCUT2D eigenvalue weighted by molar-refractivity contribution is 0.105. The zero-order valence-electron chi connectivity index (χ0n) is 10.4. The molecule has 0 saturated carbocycles. The summed E-state index contributed by atoms with van der Waals surface area (Å²) in [4.78, 5) is 8.65. The van der Waals surface area contributed by atoms with Crippen molar-refractivity contribution < 1.29 is 4.74 Å². The molecule has 20 heavy (non-hydrogen) atoms. The molecule has 1 aliphatic heterocycles. The summed E-state index contributed by atoms with van der Waals surface area (Å²) in [5.41, 5.74) is 1.39. The van der Waals surface area contributed by atoms with Gasteiger partial charge in [-0.05, 0) is 30.5 Å². The molecule has 6 heteroatoms. The quantitative estimate of drug-likeness (QED) is 0.731. The molecule has 1 aliphatic rings. The van der Waals surface area contributed by atoms with Gasteiger partial charge in [0.05, 0.1) is 5.56 Å². The second-order valence-corrected chi connectivity index (χ2v) is 5.70. The molecule has 1 saturated heterocycles. The van der Waals surface area contributed by atoms with Gasteiger partial charge in [0.25, 0.3) is 0 Å². The average Bonchev–Trinajstić information content (AvgIpc) is 2.91. The Kier molecular flexibility index (Phi) is 4.13. The minimum absolute atomic E-state index is 0.113. The summed E-state index contributed by atoms with van der Waals surface area (Å²) in [6.07, 6.45) is 1.78. The van der Waals surface area contributed by atoms with Crippen LogP contribution in [0.1, 0.15) is 24.8 Å². The van der Waals surface area contributed by atoms with Gasteiger partial charge in [-0.25, -0.2) is 9.97 Å². The first-order valence-corrected chi connectivity index (χ1v) is 7.39. The lowest BCUT2D eigenvalue weighted by Crippen LogP contribution is -2.04. The van der Waals surface area contributed by atoms with Crippen LogP contribution in [0, 0.1) is 0 Å². The van der Waals surface area contributed by atoms with Gasteiger partial charge in [0.2, 0.25) is 0 Å². The normalized spacial score (nSPS) is 18.4. The maximum absolute atomic E-state index is 6.27. The Morgan fingerprint density at radius 3 is 2.45 bits per heavy atom. The number of rotatable bonds is 2. The van der Waals surface area contributed by atoms with Gasteiger partial charge in [0.1, 0.15) is 16.4 Å². The molecule has 0 bridgehead atoms. The van der Waals surface area contributed by atoms with Crippen molar-refractivity contribution >= 4 is 34.8 Å². The number of aromatic nitrogens is 2. The standard InChI is InChI=1S/C14H11Cl3N2O/c15-9-4-1-3-8(7-9)11-12(16)18-14(19-13(11)17)10-5-2-6-20-10/h1,3-4,7,10H,2,5-6H2. The van der Waals surface area contributed by atoms with Crippen molar-refractivity contribution in [3.63, 3.8) is 0 Å². The van der Waals surface area contributed by atoms with Crippen molar-refractivity contribution in [3.05, 3.63) is 45.4 Å². The number of nitrogens with zero attached hydrogens (tertiary/aromatic N) is 2. The first-order valence-electron chi connectivity index (χ1n) is 6.25. The molecule has 104 valence electrons. The van der Waals surface area contributed by atoms with Gasteiger partial charge in [-0.15, -0.1) is 0 Å². The predicted octanol–water partition coefficient (Wildman–Crippen LogP) is 4.96. The van der Waals surface area contributed by atoms with E-state index in [4.69, 9.17) is 39.5 Å². The van der Waals surface area contributed by atoms with Gasteiger partial charge in [0, 0.05) is 11.6 Å². The van der Waals surface area contributed by atoms with Crippen LogP contribution in [-0.2, 0) is 4.74 Å². The second-order valence-electron chi connectivity index (χ2n) is 4.55. The Labute approximate surface area is 131 Å². The number of halogens is 3. The molecule has 3 nitrogen and oxygen atoms in total. The fourth-order valence-corrected chi connectivity index (χ4v) is 3.04. The van der Waals surface area contributed by atoms with E-state index in [2.05, 4.69) is 9.97 Å². The van der Waals surface area contributed by atoms with E-state index in [9.17, 15) is 0 Å². The van der Waals surface area contributed by atoms with Crippen molar-refractivity contribution in [2.24, 2.45) is 0 Å². The number of hydrogen-bond donors (Lipinski definition) is 0. The highest BCUT2D eigenvalue weighted by Crippen LogP contribution is 2.36. The molecular formula is C14H11Cl3N2O. The molecule has 1 unspecified atom stereocenters. The van der Waals surface area contributed by atoms with Crippen LogP contribution in [0.4, 0.5) is 0 Å². The highest BCUT2D eigenvalue weighted by Gasteiger charge is 2.23. The SMILES string of the molecule is Clc1cccc(-c2c(Cl)nc(C3CCCO3)nc2Cl)c1. The molecule has 0 spiro atoms. The first kappa shape index (κ1) is 14.1. The van der Waals surface area contributed by atoms with Gasteiger partial charge >= 0.3 is 0 Å². The molecule has 0 radical (unpaired) electrons. The molecule has 1 aromatic carbocycles. The summed E-state index contributed by atoms with van der Waals surface area (Å²) in [6.45, 7) is 0.722. The summed E-state index contributed by atoms with van der Waals surface area (Å²) < 4.78 is 5.55. The van der Waals surface area contributed by atoms with Crippen LogP contribution in [0.15, 0.2) is 24.3 Å². The van der Waals surface area contributed by atoms with Crippen molar-refractivity contribution in [1.82, 2.24) is 9.97 Å². The van der Waals surface area contributed by atoms with E-state index in [1.165, 1.54) is 0 Å². The smallest absolute Gasteiger partial charge is 0.160 e. The topological polar surface area (TPSA) is 35.0 Å².